The van der Waals surface area contributed by atoms with Crippen molar-refractivity contribution in [2.45, 2.75) is 59.2 Å². The lowest BCUT2D eigenvalue weighted by molar-refractivity contribution is -0.108. The molecule has 0 unspecified atom stereocenters. The van der Waals surface area contributed by atoms with Crippen LogP contribution in [0.5, 0.6) is 0 Å². The van der Waals surface area contributed by atoms with Crippen LogP contribution in [-0.4, -0.2) is 57.5 Å². The van der Waals surface area contributed by atoms with E-state index in [2.05, 4.69) is 71.2 Å². The van der Waals surface area contributed by atoms with Gasteiger partial charge in [-0.05, 0) is 83.9 Å². The number of piperazine rings is 1. The van der Waals surface area contributed by atoms with E-state index in [0.29, 0.717) is 51.3 Å². The highest BCUT2D eigenvalue weighted by Gasteiger charge is 2.56. The monoisotopic (exact) mass is 670 g/mol. The van der Waals surface area contributed by atoms with Gasteiger partial charge >= 0.3 is 0 Å². The molecule has 3 aromatic carbocycles. The largest absolute Gasteiger partial charge is 0.340 e. The maximum Gasteiger partial charge on any atom is 0.261 e. The number of aliphatic imine (C=N–C) groups is 1. The molecule has 2 bridgehead atoms. The summed E-state index contributed by atoms with van der Waals surface area (Å²) in [7, 11) is 0. The first-order chi connectivity index (χ1) is 22.7. The number of fused-ring (bicyclic) bond motifs is 3. The Bertz CT molecular complexity index is 1830. The van der Waals surface area contributed by atoms with E-state index < -0.39 is 0 Å². The fourth-order valence-corrected chi connectivity index (χ4v) is 8.60. The molecule has 4 fully saturated rings. The molecule has 47 heavy (non-hydrogen) atoms. The number of rotatable bonds is 7. The van der Waals surface area contributed by atoms with Crippen LogP contribution in [0.4, 0.5) is 5.69 Å². The minimum absolute atomic E-state index is 0.0621. The zero-order chi connectivity index (χ0) is 32.7. The normalized spacial score (nSPS) is 24.3. The standard InChI is InChI=1S/C38H44Cl2N6O/c1-25-32-19-28(38(32,2)3)20-34(25)43-37(45-17-15-44(16-18-45)23-26-7-5-4-6-8-26)42-30-11-12-31-35(22-30)41-24-46(36(31)47)14-13-27-9-10-29(39)21-33(27)40/h4-12,21-22,24-25,28,32,34H,13-20,23H2,1-3H3,(H,42,43)/t25-,28-,32+,34-/m0/s1. The van der Waals surface area contributed by atoms with Crippen molar-refractivity contribution in [3.05, 3.63) is 105 Å². The van der Waals surface area contributed by atoms with Gasteiger partial charge in [-0.3, -0.25) is 14.3 Å². The van der Waals surface area contributed by atoms with Crippen molar-refractivity contribution in [1.82, 2.24) is 19.4 Å². The van der Waals surface area contributed by atoms with Gasteiger partial charge in [-0.2, -0.15) is 0 Å². The number of aromatic nitrogens is 2. The fourth-order valence-electron chi connectivity index (χ4n) is 8.09. The van der Waals surface area contributed by atoms with E-state index in [9.17, 15) is 4.79 Å². The molecule has 9 heteroatoms. The molecule has 1 aromatic heterocycles. The van der Waals surface area contributed by atoms with Gasteiger partial charge in [0.1, 0.15) is 0 Å². The Balaban J connectivity index is 1.10. The first-order valence-corrected chi connectivity index (χ1v) is 17.7. The summed E-state index contributed by atoms with van der Waals surface area (Å²) in [6, 6.07) is 22.3. The van der Waals surface area contributed by atoms with Gasteiger partial charge in [0.25, 0.3) is 5.56 Å². The molecule has 3 saturated carbocycles. The molecule has 8 rings (SSSR count). The zero-order valence-electron chi connectivity index (χ0n) is 27.5. The molecule has 4 atom stereocenters. The molecule has 246 valence electrons. The van der Waals surface area contributed by atoms with E-state index in [4.69, 9.17) is 28.2 Å². The van der Waals surface area contributed by atoms with Crippen LogP contribution in [0, 0.1) is 23.2 Å². The average molecular weight is 672 g/mol. The molecule has 1 saturated heterocycles. The Labute approximate surface area is 287 Å². The van der Waals surface area contributed by atoms with Gasteiger partial charge in [0.2, 0.25) is 0 Å². The van der Waals surface area contributed by atoms with Crippen molar-refractivity contribution in [2.24, 2.45) is 28.2 Å². The van der Waals surface area contributed by atoms with Crippen molar-refractivity contribution in [3.8, 4) is 0 Å². The van der Waals surface area contributed by atoms with Gasteiger partial charge in [-0.15, -0.1) is 0 Å². The van der Waals surface area contributed by atoms with Crippen LogP contribution in [0.15, 0.2) is 82.8 Å². The highest BCUT2D eigenvalue weighted by atomic mass is 35.5. The minimum Gasteiger partial charge on any atom is -0.340 e. The molecule has 0 radical (unpaired) electrons. The topological polar surface area (TPSA) is 65.8 Å². The number of nitrogens with one attached hydrogen (secondary N) is 1. The summed E-state index contributed by atoms with van der Waals surface area (Å²) in [6.45, 7) is 12.5. The summed E-state index contributed by atoms with van der Waals surface area (Å²) in [5, 5.41) is 5.49. The molecule has 0 amide bonds. The molecule has 2 heterocycles. The van der Waals surface area contributed by atoms with Gasteiger partial charge in [-0.25, -0.2) is 9.98 Å². The van der Waals surface area contributed by atoms with E-state index in [-0.39, 0.29) is 5.56 Å². The molecule has 7 nitrogen and oxygen atoms in total. The highest BCUT2D eigenvalue weighted by molar-refractivity contribution is 6.35. The third-order valence-corrected chi connectivity index (χ3v) is 11.8. The summed E-state index contributed by atoms with van der Waals surface area (Å²) >= 11 is 12.4. The van der Waals surface area contributed by atoms with E-state index in [1.807, 2.05) is 30.3 Å². The molecule has 1 aliphatic heterocycles. The highest BCUT2D eigenvalue weighted by Crippen LogP contribution is 2.61. The Morgan fingerprint density at radius 3 is 2.51 bits per heavy atom. The number of anilines is 1. The van der Waals surface area contributed by atoms with Crippen molar-refractivity contribution in [3.63, 3.8) is 0 Å². The number of hydrogen-bond acceptors (Lipinski definition) is 4. The number of nitrogens with zero attached hydrogens (tertiary/aromatic N) is 5. The van der Waals surface area contributed by atoms with Crippen LogP contribution < -0.4 is 10.9 Å². The SMILES string of the molecule is C[C@@H]1[C@@H](/N=C(/Nc2ccc3c(=O)n(CCc4ccc(Cl)cc4Cl)cnc3c2)N2CCN(Cc3ccccc3)CC2)C[C@@H]2C[C@H]1C2(C)C. The maximum absolute atomic E-state index is 13.4. The lowest BCUT2D eigenvalue weighted by Crippen LogP contribution is -2.57. The van der Waals surface area contributed by atoms with Gasteiger partial charge in [0, 0.05) is 55.0 Å². The lowest BCUT2D eigenvalue weighted by Gasteiger charge is -2.61. The molecule has 4 aliphatic rings. The van der Waals surface area contributed by atoms with Gasteiger partial charge in [0.05, 0.1) is 23.3 Å². The molecular weight excluding hydrogens is 627 g/mol. The predicted molar refractivity (Wildman–Crippen MR) is 193 cm³/mol. The predicted octanol–water partition coefficient (Wildman–Crippen LogP) is 7.60. The Kier molecular flexibility index (Phi) is 9.07. The Hall–Kier alpha value is -3.39. The molecule has 0 spiro atoms. The summed E-state index contributed by atoms with van der Waals surface area (Å²) in [6.07, 6.45) is 4.72. The number of aryl methyl sites for hydroxylation is 2. The summed E-state index contributed by atoms with van der Waals surface area (Å²) in [5.74, 6) is 2.95. The van der Waals surface area contributed by atoms with Crippen LogP contribution in [-0.2, 0) is 19.5 Å². The third kappa shape index (κ3) is 6.67. The van der Waals surface area contributed by atoms with E-state index >= 15 is 0 Å². The molecular formula is C38H44Cl2N6O. The second kappa shape index (κ2) is 13.3. The van der Waals surface area contributed by atoms with Gasteiger partial charge < -0.3 is 10.2 Å². The fraction of sp³-hybridized carbons (Fsp3) is 0.447. The lowest BCUT2D eigenvalue weighted by atomic mass is 9.45. The number of hydrogen-bond donors (Lipinski definition) is 1. The number of guanidine groups is 1. The number of benzene rings is 3. The molecule has 3 aliphatic carbocycles. The second-order valence-corrected chi connectivity index (χ2v) is 15.2. The van der Waals surface area contributed by atoms with Crippen molar-refractivity contribution in [2.75, 3.05) is 31.5 Å². The van der Waals surface area contributed by atoms with Crippen molar-refractivity contribution >= 4 is 45.8 Å². The van der Waals surface area contributed by atoms with E-state index in [1.165, 1.54) is 12.0 Å². The zero-order valence-corrected chi connectivity index (χ0v) is 29.0. The third-order valence-electron chi connectivity index (χ3n) is 11.2. The van der Waals surface area contributed by atoms with E-state index in [1.54, 1.807) is 17.0 Å². The van der Waals surface area contributed by atoms with Gasteiger partial charge in [-0.1, -0.05) is 80.4 Å². The van der Waals surface area contributed by atoms with Crippen LogP contribution in [0.25, 0.3) is 10.9 Å². The van der Waals surface area contributed by atoms with Crippen molar-refractivity contribution < 1.29 is 0 Å². The Morgan fingerprint density at radius 1 is 1.00 bits per heavy atom. The summed E-state index contributed by atoms with van der Waals surface area (Å²) < 4.78 is 1.65. The maximum atomic E-state index is 13.4. The van der Waals surface area contributed by atoms with Crippen LogP contribution in [0.2, 0.25) is 10.0 Å². The van der Waals surface area contributed by atoms with Crippen LogP contribution in [0.3, 0.4) is 0 Å². The first-order valence-electron chi connectivity index (χ1n) is 16.9. The summed E-state index contributed by atoms with van der Waals surface area (Å²) in [4.78, 5) is 28.5. The van der Waals surface area contributed by atoms with Crippen LogP contribution in [0.1, 0.15) is 44.7 Å². The van der Waals surface area contributed by atoms with Crippen molar-refractivity contribution in [1.29, 1.82) is 0 Å². The minimum atomic E-state index is -0.0621. The molecule has 4 aromatic rings. The van der Waals surface area contributed by atoms with E-state index in [0.717, 1.165) is 68.2 Å². The van der Waals surface area contributed by atoms with Crippen LogP contribution >= 0.6 is 23.2 Å². The van der Waals surface area contributed by atoms with Gasteiger partial charge in [0.15, 0.2) is 5.96 Å². The smallest absolute Gasteiger partial charge is 0.261 e. The quantitative estimate of drug-likeness (QED) is 0.162. The summed E-state index contributed by atoms with van der Waals surface area (Å²) in [5.41, 5.74) is 4.22. The second-order valence-electron chi connectivity index (χ2n) is 14.3. The number of halogens is 2. The first kappa shape index (κ1) is 32.2. The Morgan fingerprint density at radius 2 is 1.79 bits per heavy atom. The average Bonchev–Trinajstić information content (AvgIpc) is 3.06. The molecule has 1 N–H and O–H groups in total.